The van der Waals surface area contributed by atoms with Gasteiger partial charge in [-0.1, -0.05) is 19.9 Å². The summed E-state index contributed by atoms with van der Waals surface area (Å²) >= 11 is 0. The molecule has 5 heteroatoms. The van der Waals surface area contributed by atoms with Crippen molar-refractivity contribution >= 4 is 5.91 Å². The van der Waals surface area contributed by atoms with Crippen LogP contribution in [0, 0.1) is 11.7 Å². The van der Waals surface area contributed by atoms with Crippen LogP contribution in [-0.4, -0.2) is 33.9 Å². The topological polar surface area (TPSA) is 46.1 Å². The number of hydrogen-bond donors (Lipinski definition) is 0. The van der Waals surface area contributed by atoms with Crippen molar-refractivity contribution in [2.75, 3.05) is 13.1 Å². The van der Waals surface area contributed by atoms with Gasteiger partial charge >= 0.3 is 0 Å². The van der Waals surface area contributed by atoms with Crippen LogP contribution in [0.15, 0.2) is 30.5 Å². The maximum Gasteiger partial charge on any atom is 0.253 e. The molecule has 1 saturated heterocycles. The van der Waals surface area contributed by atoms with Crippen LogP contribution >= 0.6 is 0 Å². The van der Waals surface area contributed by atoms with Gasteiger partial charge in [0.15, 0.2) is 0 Å². The van der Waals surface area contributed by atoms with E-state index in [2.05, 4.69) is 18.8 Å². The number of rotatable bonds is 2. The second kappa shape index (κ2) is 5.65. The summed E-state index contributed by atoms with van der Waals surface area (Å²) in [5.41, 5.74) is 2.74. The second-order valence-electron chi connectivity index (χ2n) is 7.08. The molecule has 0 bridgehead atoms. The average Bonchev–Trinajstić information content (AvgIpc) is 3.11. The summed E-state index contributed by atoms with van der Waals surface area (Å²) in [7, 11) is 0. The zero-order chi connectivity index (χ0) is 16.8. The van der Waals surface area contributed by atoms with E-state index in [9.17, 15) is 9.18 Å². The fraction of sp³-hybridized carbons (Fsp3) is 0.421. The number of halogens is 1. The van der Waals surface area contributed by atoms with Crippen molar-refractivity contribution in [1.29, 1.82) is 0 Å². The summed E-state index contributed by atoms with van der Waals surface area (Å²) in [6.45, 7) is 5.55. The maximum absolute atomic E-state index is 13.4. The molecule has 4 nitrogen and oxygen atoms in total. The molecule has 2 aliphatic rings. The van der Waals surface area contributed by atoms with Gasteiger partial charge < -0.3 is 4.90 Å². The number of amides is 1. The molecule has 1 aromatic carbocycles. The van der Waals surface area contributed by atoms with E-state index in [0.717, 1.165) is 17.9 Å². The lowest BCUT2D eigenvalue weighted by molar-refractivity contribution is 0.0784. The van der Waals surface area contributed by atoms with Crippen molar-refractivity contribution in [3.05, 3.63) is 58.9 Å². The summed E-state index contributed by atoms with van der Waals surface area (Å²) < 4.78 is 13.4. The highest BCUT2D eigenvalue weighted by Gasteiger charge is 2.42. The number of carbonyl (C=O) groups is 1. The molecule has 1 fully saturated rings. The lowest BCUT2D eigenvalue weighted by Crippen LogP contribution is -2.29. The number of likely N-dealkylation sites (tertiary alicyclic amines) is 1. The van der Waals surface area contributed by atoms with Gasteiger partial charge in [0, 0.05) is 42.4 Å². The zero-order valence-corrected chi connectivity index (χ0v) is 13.9. The molecule has 0 saturated carbocycles. The molecule has 1 aliphatic carbocycles. The fourth-order valence-corrected chi connectivity index (χ4v) is 3.84. The lowest BCUT2D eigenvalue weighted by atomic mass is 9.97. The third kappa shape index (κ3) is 2.48. The Morgan fingerprint density at radius 3 is 2.92 bits per heavy atom. The van der Waals surface area contributed by atoms with Gasteiger partial charge in [0.1, 0.15) is 11.6 Å². The van der Waals surface area contributed by atoms with Gasteiger partial charge in [-0.15, -0.1) is 0 Å². The lowest BCUT2D eigenvalue weighted by Gasteiger charge is -2.18. The molecule has 124 valence electrons. The normalized spacial score (nSPS) is 21.9. The number of benzene rings is 1. The molecule has 0 N–H and O–H groups in total. The van der Waals surface area contributed by atoms with Gasteiger partial charge in [-0.25, -0.2) is 14.4 Å². The molecule has 2 heterocycles. The first-order chi connectivity index (χ1) is 11.5. The maximum atomic E-state index is 13.4. The van der Waals surface area contributed by atoms with Gasteiger partial charge in [-0.05, 0) is 36.1 Å². The molecule has 24 heavy (non-hydrogen) atoms. The SMILES string of the molecule is CC(C)c1ncc2c(n1)C[C@@H]1CN(C(=O)c3cccc(F)c3)C[C@@H]21. The summed E-state index contributed by atoms with van der Waals surface area (Å²) in [5.74, 6) is 1.45. The van der Waals surface area contributed by atoms with Crippen molar-refractivity contribution in [3.8, 4) is 0 Å². The van der Waals surface area contributed by atoms with Crippen LogP contribution in [0.5, 0.6) is 0 Å². The molecule has 2 aromatic rings. The van der Waals surface area contributed by atoms with E-state index >= 15 is 0 Å². The van der Waals surface area contributed by atoms with E-state index in [1.165, 1.54) is 17.7 Å². The van der Waals surface area contributed by atoms with Crippen molar-refractivity contribution in [2.45, 2.75) is 32.1 Å². The first-order valence-electron chi connectivity index (χ1n) is 8.43. The summed E-state index contributed by atoms with van der Waals surface area (Å²) in [5, 5.41) is 0. The summed E-state index contributed by atoms with van der Waals surface area (Å²) in [4.78, 5) is 23.6. The zero-order valence-electron chi connectivity index (χ0n) is 13.9. The Bertz CT molecular complexity index is 805. The average molecular weight is 325 g/mol. The van der Waals surface area contributed by atoms with Gasteiger partial charge in [0.2, 0.25) is 0 Å². The van der Waals surface area contributed by atoms with Crippen molar-refractivity contribution in [1.82, 2.24) is 14.9 Å². The predicted molar refractivity (Wildman–Crippen MR) is 88.4 cm³/mol. The highest BCUT2D eigenvalue weighted by molar-refractivity contribution is 5.94. The molecule has 0 unspecified atom stereocenters. The van der Waals surface area contributed by atoms with Gasteiger partial charge in [-0.3, -0.25) is 4.79 Å². The van der Waals surface area contributed by atoms with Crippen LogP contribution in [0.4, 0.5) is 4.39 Å². The highest BCUT2D eigenvalue weighted by Crippen LogP contribution is 2.42. The Kier molecular flexibility index (Phi) is 3.59. The minimum atomic E-state index is -0.375. The van der Waals surface area contributed by atoms with Crippen LogP contribution in [0.25, 0.3) is 0 Å². The molecular formula is C19H20FN3O. The Balaban J connectivity index is 1.55. The quantitative estimate of drug-likeness (QED) is 0.852. The molecule has 2 atom stereocenters. The minimum absolute atomic E-state index is 0.0924. The molecular weight excluding hydrogens is 305 g/mol. The Morgan fingerprint density at radius 2 is 2.17 bits per heavy atom. The van der Waals surface area contributed by atoms with Crippen LogP contribution in [0.3, 0.4) is 0 Å². The Hall–Kier alpha value is -2.30. The van der Waals surface area contributed by atoms with Crippen LogP contribution in [0.1, 0.15) is 53.1 Å². The second-order valence-corrected chi connectivity index (χ2v) is 7.08. The van der Waals surface area contributed by atoms with Crippen LogP contribution in [0.2, 0.25) is 0 Å². The number of hydrogen-bond acceptors (Lipinski definition) is 3. The van der Waals surface area contributed by atoms with Gasteiger partial charge in [0.05, 0.1) is 0 Å². The smallest absolute Gasteiger partial charge is 0.253 e. The van der Waals surface area contributed by atoms with Crippen molar-refractivity contribution < 1.29 is 9.18 Å². The predicted octanol–water partition coefficient (Wildman–Crippen LogP) is 3.15. The van der Waals surface area contributed by atoms with E-state index in [1.807, 2.05) is 11.1 Å². The molecule has 1 aliphatic heterocycles. The molecule has 1 aromatic heterocycles. The summed E-state index contributed by atoms with van der Waals surface area (Å²) in [6, 6.07) is 5.92. The van der Waals surface area contributed by atoms with Gasteiger partial charge in [-0.2, -0.15) is 0 Å². The van der Waals surface area contributed by atoms with Crippen molar-refractivity contribution in [3.63, 3.8) is 0 Å². The number of fused-ring (bicyclic) bond motifs is 3. The van der Waals surface area contributed by atoms with Crippen LogP contribution < -0.4 is 0 Å². The van der Waals surface area contributed by atoms with E-state index in [-0.39, 0.29) is 11.7 Å². The first kappa shape index (κ1) is 15.2. The largest absolute Gasteiger partial charge is 0.338 e. The van der Waals surface area contributed by atoms with E-state index < -0.39 is 0 Å². The van der Waals surface area contributed by atoms with E-state index in [0.29, 0.717) is 36.4 Å². The first-order valence-corrected chi connectivity index (χ1v) is 8.43. The Labute approximate surface area is 140 Å². The summed E-state index contributed by atoms with van der Waals surface area (Å²) in [6.07, 6.45) is 2.84. The molecule has 1 amide bonds. The molecule has 4 rings (SSSR count). The third-order valence-corrected chi connectivity index (χ3v) is 5.09. The van der Waals surface area contributed by atoms with Gasteiger partial charge in [0.25, 0.3) is 5.91 Å². The monoisotopic (exact) mass is 325 g/mol. The number of aromatic nitrogens is 2. The van der Waals surface area contributed by atoms with E-state index in [1.54, 1.807) is 12.1 Å². The fourth-order valence-electron chi connectivity index (χ4n) is 3.84. The number of carbonyl (C=O) groups excluding carboxylic acids is 1. The minimum Gasteiger partial charge on any atom is -0.338 e. The molecule has 0 spiro atoms. The highest BCUT2D eigenvalue weighted by atomic mass is 19.1. The standard InChI is InChI=1S/C19H20FN3O/c1-11(2)18-21-8-15-16-10-23(9-13(16)7-17(15)22-18)19(24)12-4-3-5-14(20)6-12/h3-6,8,11,13,16H,7,9-10H2,1-2H3/t13-,16-/m1/s1. The van der Waals surface area contributed by atoms with Crippen molar-refractivity contribution in [2.24, 2.45) is 5.92 Å². The van der Waals surface area contributed by atoms with Crippen LogP contribution in [-0.2, 0) is 6.42 Å². The Morgan fingerprint density at radius 1 is 1.33 bits per heavy atom. The number of nitrogens with zero attached hydrogens (tertiary/aromatic N) is 3. The van der Waals surface area contributed by atoms with E-state index in [4.69, 9.17) is 4.98 Å². The third-order valence-electron chi connectivity index (χ3n) is 5.09. The molecule has 0 radical (unpaired) electrons.